The fourth-order valence-electron chi connectivity index (χ4n) is 2.00. The van der Waals surface area contributed by atoms with Crippen LogP contribution in [0.1, 0.15) is 20.8 Å². The normalized spacial score (nSPS) is 10.1. The largest absolute Gasteiger partial charge is 0.497 e. The van der Waals surface area contributed by atoms with E-state index in [0.717, 1.165) is 21.9 Å². The molecular weight excluding hydrogens is 332 g/mol. The van der Waals surface area contributed by atoms with Crippen molar-refractivity contribution in [3.8, 4) is 5.75 Å². The maximum atomic E-state index is 11.9. The van der Waals surface area contributed by atoms with Crippen LogP contribution in [0.25, 0.3) is 0 Å². The second-order valence-electron chi connectivity index (χ2n) is 4.79. The molecule has 0 unspecified atom stereocenters. The predicted molar refractivity (Wildman–Crippen MR) is 98.0 cm³/mol. The van der Waals surface area contributed by atoms with Gasteiger partial charge in [-0.2, -0.15) is 0 Å². The number of carbonyl (C=O) groups is 1. The van der Waals surface area contributed by atoms with E-state index in [-0.39, 0.29) is 5.97 Å². The van der Waals surface area contributed by atoms with E-state index >= 15 is 0 Å². The minimum atomic E-state index is -0.374. The number of benzene rings is 1. The minimum Gasteiger partial charge on any atom is -0.497 e. The average molecular weight is 350 g/mol. The van der Waals surface area contributed by atoms with Gasteiger partial charge in [0, 0.05) is 10.6 Å². The molecule has 0 atom stereocenters. The number of anilines is 2. The summed E-state index contributed by atoms with van der Waals surface area (Å²) >= 11 is 6.79. The van der Waals surface area contributed by atoms with Crippen LogP contribution in [0.3, 0.4) is 0 Å². The summed E-state index contributed by atoms with van der Waals surface area (Å²) in [5.41, 5.74) is 2.25. The summed E-state index contributed by atoms with van der Waals surface area (Å²) in [5.74, 6) is 0.397. The number of nitrogens with one attached hydrogen (secondary N) is 2. The Morgan fingerprint density at radius 3 is 2.35 bits per heavy atom. The van der Waals surface area contributed by atoms with Crippen molar-refractivity contribution in [1.29, 1.82) is 0 Å². The van der Waals surface area contributed by atoms with Gasteiger partial charge in [0.2, 0.25) is 0 Å². The highest BCUT2D eigenvalue weighted by Crippen LogP contribution is 2.33. The molecule has 0 amide bonds. The number of thiocarbonyl (C=S) groups is 1. The van der Waals surface area contributed by atoms with Crippen LogP contribution in [-0.2, 0) is 4.74 Å². The summed E-state index contributed by atoms with van der Waals surface area (Å²) < 4.78 is 9.96. The van der Waals surface area contributed by atoms with Crippen LogP contribution >= 0.6 is 23.6 Å². The second-order valence-corrected chi connectivity index (χ2v) is 6.42. The van der Waals surface area contributed by atoms with Crippen molar-refractivity contribution in [1.82, 2.24) is 0 Å². The minimum absolute atomic E-state index is 0.374. The fourth-order valence-corrected chi connectivity index (χ4v) is 3.34. The molecular formula is C16H18N2O3S2. The van der Waals surface area contributed by atoms with Gasteiger partial charge in [0.25, 0.3) is 0 Å². The molecule has 23 heavy (non-hydrogen) atoms. The third-order valence-corrected chi connectivity index (χ3v) is 4.68. The molecule has 0 spiro atoms. The highest BCUT2D eigenvalue weighted by atomic mass is 32.1. The van der Waals surface area contributed by atoms with Gasteiger partial charge in [-0.15, -0.1) is 11.3 Å². The first-order valence-corrected chi connectivity index (χ1v) is 8.09. The van der Waals surface area contributed by atoms with E-state index in [4.69, 9.17) is 21.7 Å². The maximum Gasteiger partial charge on any atom is 0.341 e. The molecule has 0 radical (unpaired) electrons. The summed E-state index contributed by atoms with van der Waals surface area (Å²) in [5, 5.41) is 7.23. The van der Waals surface area contributed by atoms with Crippen LogP contribution in [0, 0.1) is 13.8 Å². The monoisotopic (exact) mass is 350 g/mol. The van der Waals surface area contributed by atoms with Gasteiger partial charge in [-0.05, 0) is 55.9 Å². The Morgan fingerprint density at radius 1 is 1.13 bits per heavy atom. The number of methoxy groups -OCH3 is 2. The summed E-state index contributed by atoms with van der Waals surface area (Å²) in [7, 11) is 2.98. The van der Waals surface area contributed by atoms with Crippen molar-refractivity contribution in [2.45, 2.75) is 13.8 Å². The third-order valence-electron chi connectivity index (χ3n) is 3.35. The van der Waals surface area contributed by atoms with Gasteiger partial charge in [0.05, 0.1) is 19.8 Å². The molecule has 5 nitrogen and oxygen atoms in total. The van der Waals surface area contributed by atoms with Crippen LogP contribution in [0.2, 0.25) is 0 Å². The van der Waals surface area contributed by atoms with Crippen molar-refractivity contribution in [3.05, 3.63) is 40.3 Å². The van der Waals surface area contributed by atoms with E-state index in [1.807, 2.05) is 38.1 Å². The molecule has 0 bridgehead atoms. The van der Waals surface area contributed by atoms with Gasteiger partial charge in [-0.25, -0.2) is 4.79 Å². The van der Waals surface area contributed by atoms with Gasteiger partial charge in [0.1, 0.15) is 10.8 Å². The van der Waals surface area contributed by atoms with Crippen LogP contribution in [0.4, 0.5) is 10.7 Å². The van der Waals surface area contributed by atoms with Crippen molar-refractivity contribution >= 4 is 45.3 Å². The number of esters is 1. The van der Waals surface area contributed by atoms with Gasteiger partial charge in [-0.1, -0.05) is 0 Å². The standard InChI is InChI=1S/C16H18N2O3S2/c1-9-10(2)23-14(13(9)15(19)21-4)18-16(22)17-11-5-7-12(20-3)8-6-11/h5-8H,1-4H3,(H2,17,18,22). The lowest BCUT2D eigenvalue weighted by atomic mass is 10.1. The average Bonchev–Trinajstić information content (AvgIpc) is 2.81. The Kier molecular flexibility index (Phi) is 5.57. The number of aryl methyl sites for hydroxylation is 1. The number of ether oxygens (including phenoxy) is 2. The first kappa shape index (κ1) is 17.2. The van der Waals surface area contributed by atoms with Crippen molar-refractivity contribution < 1.29 is 14.3 Å². The van der Waals surface area contributed by atoms with Crippen LogP contribution in [-0.4, -0.2) is 25.3 Å². The van der Waals surface area contributed by atoms with Crippen LogP contribution in [0.15, 0.2) is 24.3 Å². The molecule has 7 heteroatoms. The molecule has 0 aliphatic rings. The van der Waals surface area contributed by atoms with E-state index < -0.39 is 0 Å². The molecule has 122 valence electrons. The van der Waals surface area contributed by atoms with Crippen molar-refractivity contribution in [2.24, 2.45) is 0 Å². The van der Waals surface area contributed by atoms with E-state index in [9.17, 15) is 4.79 Å². The quantitative estimate of drug-likeness (QED) is 0.643. The Bertz CT molecular complexity index is 724. The number of carbonyl (C=O) groups excluding carboxylic acids is 1. The highest BCUT2D eigenvalue weighted by molar-refractivity contribution is 7.80. The van der Waals surface area contributed by atoms with Crippen molar-refractivity contribution in [2.75, 3.05) is 24.9 Å². The van der Waals surface area contributed by atoms with Gasteiger partial charge in [0.15, 0.2) is 5.11 Å². The number of hydrogen-bond acceptors (Lipinski definition) is 5. The SMILES string of the molecule is COC(=O)c1c(NC(=S)Nc2ccc(OC)cc2)sc(C)c1C. The maximum absolute atomic E-state index is 11.9. The summed E-state index contributed by atoms with van der Waals surface area (Å²) in [6, 6.07) is 7.40. The zero-order valence-corrected chi connectivity index (χ0v) is 15.0. The molecule has 0 aliphatic carbocycles. The van der Waals surface area contributed by atoms with E-state index in [1.54, 1.807) is 7.11 Å². The molecule has 0 aliphatic heterocycles. The van der Waals surface area contributed by atoms with E-state index in [1.165, 1.54) is 18.4 Å². The van der Waals surface area contributed by atoms with Gasteiger partial charge in [-0.3, -0.25) is 0 Å². The summed E-state index contributed by atoms with van der Waals surface area (Å²) in [6.45, 7) is 3.85. The summed E-state index contributed by atoms with van der Waals surface area (Å²) in [6.07, 6.45) is 0. The Hall–Kier alpha value is -2.12. The Morgan fingerprint density at radius 2 is 1.78 bits per heavy atom. The molecule has 0 fully saturated rings. The molecule has 1 heterocycles. The molecule has 0 saturated carbocycles. The van der Waals surface area contributed by atoms with Crippen LogP contribution < -0.4 is 15.4 Å². The van der Waals surface area contributed by atoms with Gasteiger partial charge >= 0.3 is 5.97 Å². The number of hydrogen-bond donors (Lipinski definition) is 2. The highest BCUT2D eigenvalue weighted by Gasteiger charge is 2.20. The van der Waals surface area contributed by atoms with E-state index in [0.29, 0.717) is 15.7 Å². The molecule has 2 N–H and O–H groups in total. The summed E-state index contributed by atoms with van der Waals surface area (Å²) in [4.78, 5) is 13.0. The zero-order valence-electron chi connectivity index (χ0n) is 13.4. The topological polar surface area (TPSA) is 59.6 Å². The Labute approximate surface area is 144 Å². The number of thiophene rings is 1. The first-order chi connectivity index (χ1) is 11.0. The number of rotatable bonds is 4. The lowest BCUT2D eigenvalue weighted by Gasteiger charge is -2.11. The van der Waals surface area contributed by atoms with Gasteiger partial charge < -0.3 is 20.1 Å². The molecule has 1 aromatic heterocycles. The lowest BCUT2D eigenvalue weighted by Crippen LogP contribution is -2.20. The molecule has 0 saturated heterocycles. The van der Waals surface area contributed by atoms with Crippen LogP contribution in [0.5, 0.6) is 5.75 Å². The zero-order chi connectivity index (χ0) is 17.0. The third kappa shape index (κ3) is 4.00. The Balaban J connectivity index is 2.13. The molecule has 2 aromatic rings. The fraction of sp³-hybridized carbons (Fsp3) is 0.250. The second kappa shape index (κ2) is 7.43. The molecule has 2 rings (SSSR count). The van der Waals surface area contributed by atoms with E-state index in [2.05, 4.69) is 10.6 Å². The van der Waals surface area contributed by atoms with Crippen molar-refractivity contribution in [3.63, 3.8) is 0 Å². The lowest BCUT2D eigenvalue weighted by molar-refractivity contribution is 0.0601. The first-order valence-electron chi connectivity index (χ1n) is 6.86. The predicted octanol–water partition coefficient (Wildman–Crippen LogP) is 3.97. The smallest absolute Gasteiger partial charge is 0.341 e. The molecule has 1 aromatic carbocycles.